The molecule has 2 N–H and O–H groups in total. The Morgan fingerprint density at radius 1 is 0.800 bits per heavy atom. The van der Waals surface area contributed by atoms with Gasteiger partial charge in [-0.1, -0.05) is 42.5 Å². The lowest BCUT2D eigenvalue weighted by Gasteiger charge is -2.25. The van der Waals surface area contributed by atoms with Crippen LogP contribution in [-0.2, 0) is 24.8 Å². The van der Waals surface area contributed by atoms with Crippen molar-refractivity contribution in [2.45, 2.75) is 23.6 Å². The van der Waals surface area contributed by atoms with E-state index in [2.05, 4.69) is 10.0 Å². The Hall–Kier alpha value is -4.35. The van der Waals surface area contributed by atoms with Gasteiger partial charge in [0.05, 0.1) is 28.3 Å². The number of ether oxygens (including phenoxy) is 1. The molecule has 0 aliphatic carbocycles. The molecule has 9 nitrogen and oxygen atoms in total. The van der Waals surface area contributed by atoms with Crippen molar-refractivity contribution in [1.82, 2.24) is 0 Å². The zero-order valence-electron chi connectivity index (χ0n) is 22.2. The molecule has 4 aromatic rings. The van der Waals surface area contributed by atoms with E-state index in [4.69, 9.17) is 4.74 Å². The number of nitrogens with one attached hydrogen (secondary N) is 2. The van der Waals surface area contributed by atoms with Crippen molar-refractivity contribution in [1.29, 1.82) is 0 Å². The first-order valence-electron chi connectivity index (χ1n) is 12.2. The third-order valence-corrected chi connectivity index (χ3v) is 9.21. The molecule has 0 saturated carbocycles. The summed E-state index contributed by atoms with van der Waals surface area (Å²) in [5, 5.41) is 2.66. The van der Waals surface area contributed by atoms with E-state index in [1.54, 1.807) is 67.6 Å². The maximum atomic E-state index is 13.5. The van der Waals surface area contributed by atoms with Gasteiger partial charge < -0.3 is 10.1 Å². The van der Waals surface area contributed by atoms with E-state index in [0.29, 0.717) is 28.4 Å². The fourth-order valence-corrected chi connectivity index (χ4v) is 6.58. The first-order valence-corrected chi connectivity index (χ1v) is 15.1. The molecule has 0 aliphatic heterocycles. The fraction of sp³-hybridized carbons (Fsp3) is 0.138. The summed E-state index contributed by atoms with van der Waals surface area (Å²) in [6.45, 7) is 3.11. The number of anilines is 3. The van der Waals surface area contributed by atoms with Gasteiger partial charge in [0.1, 0.15) is 12.3 Å². The molecule has 1 amide bonds. The lowest BCUT2D eigenvalue weighted by atomic mass is 10.2. The standard InChI is InChI=1S/C29H29N3O6S2/c1-21-13-18-28(38-3)26(19-21)31-39(34,35)24-16-14-23(15-17-24)30-29(33)20-32(27-12-8-7-9-22(27)2)40(36,37)25-10-5-4-6-11-25/h4-19,31H,20H2,1-3H3,(H,30,33). The number of sulfonamides is 2. The van der Waals surface area contributed by atoms with Gasteiger partial charge in [0, 0.05) is 5.69 Å². The van der Waals surface area contributed by atoms with E-state index >= 15 is 0 Å². The van der Waals surface area contributed by atoms with E-state index in [1.165, 1.54) is 43.5 Å². The molecular formula is C29H29N3O6S2. The minimum atomic E-state index is -4.05. The zero-order chi connectivity index (χ0) is 28.9. The number of aryl methyl sites for hydroxylation is 2. The molecule has 0 unspecified atom stereocenters. The van der Waals surface area contributed by atoms with Crippen molar-refractivity contribution in [3.63, 3.8) is 0 Å². The van der Waals surface area contributed by atoms with Crippen LogP contribution in [0.2, 0.25) is 0 Å². The summed E-state index contributed by atoms with van der Waals surface area (Å²) in [7, 11) is -6.55. The molecule has 0 fully saturated rings. The van der Waals surface area contributed by atoms with Gasteiger partial charge in [-0.25, -0.2) is 16.8 Å². The number of hydrogen-bond acceptors (Lipinski definition) is 6. The Morgan fingerprint density at radius 2 is 1.45 bits per heavy atom. The Labute approximate surface area is 234 Å². The number of methoxy groups -OCH3 is 1. The molecular weight excluding hydrogens is 550 g/mol. The molecule has 11 heteroatoms. The lowest BCUT2D eigenvalue weighted by Crippen LogP contribution is -2.38. The Kier molecular flexibility index (Phi) is 8.46. The summed E-state index contributed by atoms with van der Waals surface area (Å²) in [5.41, 5.74) is 2.52. The second kappa shape index (κ2) is 11.8. The van der Waals surface area contributed by atoms with Crippen molar-refractivity contribution in [3.8, 4) is 5.75 Å². The maximum absolute atomic E-state index is 13.5. The van der Waals surface area contributed by atoms with Crippen molar-refractivity contribution < 1.29 is 26.4 Å². The number of hydrogen-bond donors (Lipinski definition) is 2. The van der Waals surface area contributed by atoms with Crippen LogP contribution in [0.5, 0.6) is 5.75 Å². The quantitative estimate of drug-likeness (QED) is 0.274. The molecule has 0 aliphatic rings. The molecule has 208 valence electrons. The van der Waals surface area contributed by atoms with Crippen LogP contribution in [0.15, 0.2) is 107 Å². The van der Waals surface area contributed by atoms with Gasteiger partial charge in [-0.2, -0.15) is 0 Å². The number of para-hydroxylation sites is 1. The first kappa shape index (κ1) is 28.7. The monoisotopic (exact) mass is 579 g/mol. The summed E-state index contributed by atoms with van der Waals surface area (Å²) in [6, 6.07) is 25.5. The van der Waals surface area contributed by atoms with Crippen molar-refractivity contribution in [3.05, 3.63) is 108 Å². The summed E-state index contributed by atoms with van der Waals surface area (Å²) >= 11 is 0. The lowest BCUT2D eigenvalue weighted by molar-refractivity contribution is -0.114. The molecule has 0 spiro atoms. The van der Waals surface area contributed by atoms with E-state index in [0.717, 1.165) is 9.87 Å². The number of amides is 1. The minimum Gasteiger partial charge on any atom is -0.495 e. The van der Waals surface area contributed by atoms with Gasteiger partial charge >= 0.3 is 0 Å². The molecule has 0 aromatic heterocycles. The van der Waals surface area contributed by atoms with Gasteiger partial charge in [-0.15, -0.1) is 0 Å². The van der Waals surface area contributed by atoms with Crippen LogP contribution in [0, 0.1) is 13.8 Å². The summed E-state index contributed by atoms with van der Waals surface area (Å²) in [6.07, 6.45) is 0. The summed E-state index contributed by atoms with van der Waals surface area (Å²) < 4.78 is 61.8. The van der Waals surface area contributed by atoms with Gasteiger partial charge in [0.2, 0.25) is 5.91 Å². The van der Waals surface area contributed by atoms with Gasteiger partial charge in [-0.3, -0.25) is 13.8 Å². The maximum Gasteiger partial charge on any atom is 0.264 e. The Bertz CT molecular complexity index is 1720. The van der Waals surface area contributed by atoms with Crippen LogP contribution in [0.3, 0.4) is 0 Å². The average molecular weight is 580 g/mol. The molecule has 40 heavy (non-hydrogen) atoms. The average Bonchev–Trinajstić information content (AvgIpc) is 2.93. The van der Waals surface area contributed by atoms with E-state index < -0.39 is 32.5 Å². The van der Waals surface area contributed by atoms with Crippen LogP contribution >= 0.6 is 0 Å². The van der Waals surface area contributed by atoms with E-state index in [9.17, 15) is 21.6 Å². The van der Waals surface area contributed by atoms with Gasteiger partial charge in [-0.05, 0) is 79.6 Å². The molecule has 4 rings (SSSR count). The van der Waals surface area contributed by atoms with Crippen LogP contribution in [0.25, 0.3) is 0 Å². The first-order chi connectivity index (χ1) is 19.0. The van der Waals surface area contributed by atoms with E-state index in [-0.39, 0.29) is 9.79 Å². The van der Waals surface area contributed by atoms with Gasteiger partial charge in [0.15, 0.2) is 0 Å². The Morgan fingerprint density at radius 3 is 2.10 bits per heavy atom. The topological polar surface area (TPSA) is 122 Å². The number of carbonyl (C=O) groups is 1. The fourth-order valence-electron chi connectivity index (χ4n) is 4.02. The third-order valence-electron chi connectivity index (χ3n) is 6.05. The highest BCUT2D eigenvalue weighted by molar-refractivity contribution is 7.93. The highest BCUT2D eigenvalue weighted by Crippen LogP contribution is 2.29. The summed E-state index contributed by atoms with van der Waals surface area (Å²) in [5.74, 6) is -0.220. The van der Waals surface area contributed by atoms with Crippen molar-refractivity contribution in [2.24, 2.45) is 0 Å². The second-order valence-corrected chi connectivity index (χ2v) is 12.5. The SMILES string of the molecule is COc1ccc(C)cc1NS(=O)(=O)c1ccc(NC(=O)CN(c2ccccc2C)S(=O)(=O)c2ccccc2)cc1. The van der Waals surface area contributed by atoms with Gasteiger partial charge in [0.25, 0.3) is 20.0 Å². The largest absolute Gasteiger partial charge is 0.495 e. The smallest absolute Gasteiger partial charge is 0.264 e. The normalized spacial score (nSPS) is 11.5. The molecule has 0 atom stereocenters. The van der Waals surface area contributed by atoms with Crippen molar-refractivity contribution >= 4 is 43.0 Å². The predicted molar refractivity (Wildman–Crippen MR) is 156 cm³/mol. The molecule has 0 saturated heterocycles. The number of carbonyl (C=O) groups excluding carboxylic acids is 1. The number of rotatable bonds is 10. The van der Waals surface area contributed by atoms with Crippen LogP contribution < -0.4 is 19.1 Å². The van der Waals surface area contributed by atoms with Crippen molar-refractivity contribution in [2.75, 3.05) is 28.0 Å². The molecule has 0 heterocycles. The number of nitrogens with zero attached hydrogens (tertiary/aromatic N) is 1. The molecule has 0 radical (unpaired) electrons. The number of benzene rings is 4. The van der Waals surface area contributed by atoms with Crippen LogP contribution in [-0.4, -0.2) is 36.4 Å². The summed E-state index contributed by atoms with van der Waals surface area (Å²) in [4.78, 5) is 13.1. The van der Waals surface area contributed by atoms with E-state index in [1.807, 2.05) is 6.92 Å². The van der Waals surface area contributed by atoms with Crippen LogP contribution in [0.4, 0.5) is 17.1 Å². The zero-order valence-corrected chi connectivity index (χ0v) is 23.8. The second-order valence-electron chi connectivity index (χ2n) is 8.99. The van der Waals surface area contributed by atoms with Crippen LogP contribution in [0.1, 0.15) is 11.1 Å². The highest BCUT2D eigenvalue weighted by Gasteiger charge is 2.28. The predicted octanol–water partition coefficient (Wildman–Crippen LogP) is 4.95. The molecule has 4 aromatic carbocycles. The highest BCUT2D eigenvalue weighted by atomic mass is 32.2. The minimum absolute atomic E-state index is 0.0257. The third kappa shape index (κ3) is 6.44. The molecule has 0 bridgehead atoms. The Balaban J connectivity index is 1.54.